The first-order valence-electron chi connectivity index (χ1n) is 11.9. The van der Waals surface area contributed by atoms with E-state index in [1.54, 1.807) is 0 Å². The van der Waals surface area contributed by atoms with Gasteiger partial charge in [0.1, 0.15) is 5.82 Å². The summed E-state index contributed by atoms with van der Waals surface area (Å²) in [6, 6.07) is 3.26. The highest BCUT2D eigenvalue weighted by molar-refractivity contribution is 5.43. The molecular formula is C23H41N5. The fraction of sp³-hybridized carbons (Fsp3) is 0.826. The van der Waals surface area contributed by atoms with Crippen LogP contribution in [0.3, 0.4) is 0 Å². The maximum Gasteiger partial charge on any atom is 0.224 e. The third-order valence-corrected chi connectivity index (χ3v) is 6.49. The quantitative estimate of drug-likeness (QED) is 0.673. The predicted octanol–water partition coefficient (Wildman–Crippen LogP) is 5.09. The molecule has 28 heavy (non-hydrogen) atoms. The Morgan fingerprint density at radius 3 is 2.61 bits per heavy atom. The third kappa shape index (κ3) is 6.33. The number of anilines is 2. The van der Waals surface area contributed by atoms with Crippen molar-refractivity contribution in [3.8, 4) is 0 Å². The molecule has 1 aromatic rings. The topological polar surface area (TPSA) is 44.3 Å². The number of aromatic nitrogens is 2. The maximum atomic E-state index is 4.89. The van der Waals surface area contributed by atoms with Gasteiger partial charge in [0.2, 0.25) is 5.95 Å². The molecule has 5 heteroatoms. The van der Waals surface area contributed by atoms with Gasteiger partial charge in [-0.3, -0.25) is 4.90 Å². The van der Waals surface area contributed by atoms with Crippen molar-refractivity contribution in [1.29, 1.82) is 0 Å². The predicted molar refractivity (Wildman–Crippen MR) is 119 cm³/mol. The van der Waals surface area contributed by atoms with Crippen LogP contribution in [-0.2, 0) is 0 Å². The van der Waals surface area contributed by atoms with Crippen molar-refractivity contribution >= 4 is 11.8 Å². The van der Waals surface area contributed by atoms with Crippen LogP contribution in [0, 0.1) is 0 Å². The molecule has 5 nitrogen and oxygen atoms in total. The Morgan fingerprint density at radius 1 is 1.07 bits per heavy atom. The van der Waals surface area contributed by atoms with E-state index >= 15 is 0 Å². The van der Waals surface area contributed by atoms with E-state index in [-0.39, 0.29) is 0 Å². The average molecular weight is 388 g/mol. The maximum absolute atomic E-state index is 4.89. The summed E-state index contributed by atoms with van der Waals surface area (Å²) in [6.45, 7) is 9.27. The SMILES string of the molecule is CCCCC(CC)N1CCCCC(Nc2nccc(N3CCCCCC3)n2)C1. The van der Waals surface area contributed by atoms with Crippen LogP contribution < -0.4 is 10.2 Å². The van der Waals surface area contributed by atoms with E-state index in [2.05, 4.69) is 40.0 Å². The van der Waals surface area contributed by atoms with Gasteiger partial charge in [0, 0.05) is 37.9 Å². The molecule has 2 unspecified atom stereocenters. The number of unbranched alkanes of at least 4 members (excludes halogenated alkanes) is 1. The lowest BCUT2D eigenvalue weighted by atomic mass is 10.0. The summed E-state index contributed by atoms with van der Waals surface area (Å²) in [5.74, 6) is 1.91. The van der Waals surface area contributed by atoms with E-state index in [9.17, 15) is 0 Å². The zero-order chi connectivity index (χ0) is 19.6. The molecule has 1 aromatic heterocycles. The summed E-state index contributed by atoms with van der Waals surface area (Å²) in [5.41, 5.74) is 0. The molecule has 2 aliphatic rings. The highest BCUT2D eigenvalue weighted by Gasteiger charge is 2.24. The highest BCUT2D eigenvalue weighted by atomic mass is 15.2. The summed E-state index contributed by atoms with van der Waals surface area (Å²) in [6.07, 6.45) is 16.2. The summed E-state index contributed by atoms with van der Waals surface area (Å²) in [4.78, 5) is 14.6. The van der Waals surface area contributed by atoms with Crippen molar-refractivity contribution in [3.05, 3.63) is 12.3 Å². The molecule has 3 heterocycles. The summed E-state index contributed by atoms with van der Waals surface area (Å²) < 4.78 is 0. The van der Waals surface area contributed by atoms with E-state index in [4.69, 9.17) is 4.98 Å². The van der Waals surface area contributed by atoms with Crippen LogP contribution in [0.15, 0.2) is 12.3 Å². The van der Waals surface area contributed by atoms with Gasteiger partial charge in [0.15, 0.2) is 0 Å². The molecule has 0 aromatic carbocycles. The minimum Gasteiger partial charge on any atom is -0.356 e. The number of hydrogen-bond donors (Lipinski definition) is 1. The van der Waals surface area contributed by atoms with Gasteiger partial charge in [-0.05, 0) is 51.1 Å². The second-order valence-electron chi connectivity index (χ2n) is 8.68. The van der Waals surface area contributed by atoms with Crippen LogP contribution in [0.2, 0.25) is 0 Å². The van der Waals surface area contributed by atoms with Crippen molar-refractivity contribution < 1.29 is 0 Å². The van der Waals surface area contributed by atoms with Crippen molar-refractivity contribution in [3.63, 3.8) is 0 Å². The molecule has 2 saturated heterocycles. The molecule has 0 aliphatic carbocycles. The Morgan fingerprint density at radius 2 is 1.86 bits per heavy atom. The van der Waals surface area contributed by atoms with Gasteiger partial charge in [-0.15, -0.1) is 0 Å². The lowest BCUT2D eigenvalue weighted by molar-refractivity contribution is 0.181. The van der Waals surface area contributed by atoms with Crippen LogP contribution in [0.5, 0.6) is 0 Å². The third-order valence-electron chi connectivity index (χ3n) is 6.49. The fourth-order valence-electron chi connectivity index (χ4n) is 4.78. The van der Waals surface area contributed by atoms with Gasteiger partial charge in [-0.25, -0.2) is 4.98 Å². The van der Waals surface area contributed by atoms with Gasteiger partial charge >= 0.3 is 0 Å². The minimum atomic E-state index is 0.456. The smallest absolute Gasteiger partial charge is 0.224 e. The van der Waals surface area contributed by atoms with Crippen LogP contribution in [0.4, 0.5) is 11.8 Å². The zero-order valence-electron chi connectivity index (χ0n) is 18.2. The number of likely N-dealkylation sites (tertiary alicyclic amines) is 1. The number of nitrogens with one attached hydrogen (secondary N) is 1. The number of nitrogens with zero attached hydrogens (tertiary/aromatic N) is 4. The van der Waals surface area contributed by atoms with Gasteiger partial charge in [-0.2, -0.15) is 4.98 Å². The summed E-state index contributed by atoms with van der Waals surface area (Å²) in [5, 5.41) is 3.69. The van der Waals surface area contributed by atoms with Crippen molar-refractivity contribution in [1.82, 2.24) is 14.9 Å². The largest absolute Gasteiger partial charge is 0.356 e. The molecule has 0 amide bonds. The van der Waals surface area contributed by atoms with E-state index < -0.39 is 0 Å². The van der Waals surface area contributed by atoms with Crippen LogP contribution in [-0.4, -0.2) is 53.1 Å². The molecule has 0 bridgehead atoms. The van der Waals surface area contributed by atoms with Gasteiger partial charge in [-0.1, -0.05) is 46.0 Å². The van der Waals surface area contributed by atoms with Gasteiger partial charge in [0.25, 0.3) is 0 Å². The molecule has 2 aliphatic heterocycles. The van der Waals surface area contributed by atoms with Gasteiger partial charge < -0.3 is 10.2 Å². The first-order chi connectivity index (χ1) is 13.8. The van der Waals surface area contributed by atoms with Gasteiger partial charge in [0.05, 0.1) is 0 Å². The normalized spacial score (nSPS) is 23.1. The standard InChI is InChI=1S/C23H41N5/c1-3-5-13-21(4-2)28-18-11-8-12-20(19-28)25-23-24-15-14-22(26-23)27-16-9-6-7-10-17-27/h14-15,20-21H,3-13,16-19H2,1-2H3,(H,24,25,26). The Labute approximate surface area is 172 Å². The molecule has 0 radical (unpaired) electrons. The molecule has 158 valence electrons. The second kappa shape index (κ2) is 11.6. The second-order valence-corrected chi connectivity index (χ2v) is 8.68. The molecule has 1 N–H and O–H groups in total. The zero-order valence-corrected chi connectivity index (χ0v) is 18.2. The van der Waals surface area contributed by atoms with Crippen LogP contribution in [0.1, 0.15) is 84.5 Å². The number of hydrogen-bond acceptors (Lipinski definition) is 5. The first-order valence-corrected chi connectivity index (χ1v) is 11.9. The Bertz CT molecular complexity index is 556. The molecule has 2 fully saturated rings. The van der Waals surface area contributed by atoms with E-state index in [0.717, 1.165) is 37.4 Å². The summed E-state index contributed by atoms with van der Waals surface area (Å²) in [7, 11) is 0. The molecule has 0 spiro atoms. The molecule has 3 rings (SSSR count). The van der Waals surface area contributed by atoms with Crippen molar-refractivity contribution in [2.24, 2.45) is 0 Å². The van der Waals surface area contributed by atoms with Crippen LogP contribution in [0.25, 0.3) is 0 Å². The summed E-state index contributed by atoms with van der Waals surface area (Å²) >= 11 is 0. The average Bonchev–Trinajstić information content (AvgIpc) is 3.12. The monoisotopic (exact) mass is 387 g/mol. The molecule has 2 atom stereocenters. The first kappa shape index (κ1) is 21.4. The van der Waals surface area contributed by atoms with Crippen molar-refractivity contribution in [2.75, 3.05) is 36.4 Å². The molecular weight excluding hydrogens is 346 g/mol. The fourth-order valence-corrected chi connectivity index (χ4v) is 4.78. The Hall–Kier alpha value is -1.36. The van der Waals surface area contributed by atoms with E-state index in [0.29, 0.717) is 6.04 Å². The van der Waals surface area contributed by atoms with E-state index in [1.165, 1.54) is 77.2 Å². The Kier molecular flexibility index (Phi) is 8.84. The van der Waals surface area contributed by atoms with Crippen molar-refractivity contribution in [2.45, 2.75) is 96.6 Å². The van der Waals surface area contributed by atoms with E-state index in [1.807, 2.05) is 6.20 Å². The molecule has 0 saturated carbocycles. The lowest BCUT2D eigenvalue weighted by Crippen LogP contribution is -2.42. The minimum absolute atomic E-state index is 0.456. The highest BCUT2D eigenvalue weighted by Crippen LogP contribution is 2.22. The number of rotatable bonds is 8. The van der Waals surface area contributed by atoms with Crippen LogP contribution >= 0.6 is 0 Å². The Balaban J connectivity index is 1.62. The lowest BCUT2D eigenvalue weighted by Gasteiger charge is -2.32.